The summed E-state index contributed by atoms with van der Waals surface area (Å²) in [6, 6.07) is 5.37. The third-order valence-corrected chi connectivity index (χ3v) is 5.76. The van der Waals surface area contributed by atoms with E-state index in [-0.39, 0.29) is 12.6 Å². The molecular weight excluding hydrogens is 332 g/mol. The largest absolute Gasteiger partial charge is 0.497 e. The molecule has 0 saturated carbocycles. The van der Waals surface area contributed by atoms with Crippen LogP contribution in [-0.4, -0.2) is 56.1 Å². The van der Waals surface area contributed by atoms with Crippen LogP contribution in [0.1, 0.15) is 18.7 Å². The summed E-state index contributed by atoms with van der Waals surface area (Å²) in [6.07, 6.45) is 1.67. The van der Waals surface area contributed by atoms with Gasteiger partial charge in [0.05, 0.1) is 31.3 Å². The maximum absolute atomic E-state index is 12.5. The van der Waals surface area contributed by atoms with E-state index in [1.807, 2.05) is 18.2 Å². The summed E-state index contributed by atoms with van der Waals surface area (Å²) in [7, 11) is -0.382. The molecule has 0 radical (unpaired) electrons. The van der Waals surface area contributed by atoms with E-state index in [0.29, 0.717) is 19.0 Å². The van der Waals surface area contributed by atoms with E-state index < -0.39 is 10.2 Å². The molecule has 24 heavy (non-hydrogen) atoms. The van der Waals surface area contributed by atoms with Crippen molar-refractivity contribution in [3.8, 4) is 5.75 Å². The molecule has 1 unspecified atom stereocenters. The van der Waals surface area contributed by atoms with Gasteiger partial charge >= 0.3 is 0 Å². The van der Waals surface area contributed by atoms with E-state index in [2.05, 4.69) is 14.7 Å². The van der Waals surface area contributed by atoms with Crippen LogP contribution >= 0.6 is 0 Å². The van der Waals surface area contributed by atoms with Crippen molar-refractivity contribution in [1.82, 2.24) is 19.0 Å². The fraction of sp³-hybridized carbons (Fsp3) is 0.533. The number of nitrogens with zero attached hydrogens (tertiary/aromatic N) is 2. The molecule has 0 amide bonds. The Morgan fingerprint density at radius 2 is 2.25 bits per heavy atom. The highest BCUT2D eigenvalue weighted by atomic mass is 32.2. The maximum Gasteiger partial charge on any atom is 0.280 e. The van der Waals surface area contributed by atoms with Gasteiger partial charge in [0.2, 0.25) is 0 Å². The molecule has 1 aromatic carbocycles. The first-order valence-electron chi connectivity index (χ1n) is 7.81. The highest BCUT2D eigenvalue weighted by Crippen LogP contribution is 2.21. The lowest BCUT2D eigenvalue weighted by molar-refractivity contribution is 0.148. The Labute approximate surface area is 141 Å². The number of rotatable bonds is 7. The molecule has 1 saturated heterocycles. The fourth-order valence-corrected chi connectivity index (χ4v) is 4.39. The van der Waals surface area contributed by atoms with Crippen LogP contribution in [0.2, 0.25) is 0 Å². The number of imidazole rings is 1. The van der Waals surface area contributed by atoms with Gasteiger partial charge in [-0.1, -0.05) is 0 Å². The van der Waals surface area contributed by atoms with E-state index in [1.54, 1.807) is 14.2 Å². The average Bonchev–Trinajstić information content (AvgIpc) is 3.19. The van der Waals surface area contributed by atoms with Crippen molar-refractivity contribution >= 4 is 21.2 Å². The van der Waals surface area contributed by atoms with Crippen molar-refractivity contribution in [2.45, 2.75) is 25.4 Å². The van der Waals surface area contributed by atoms with Gasteiger partial charge in [-0.25, -0.2) is 4.98 Å². The van der Waals surface area contributed by atoms with Gasteiger partial charge in [-0.2, -0.15) is 17.4 Å². The van der Waals surface area contributed by atoms with E-state index in [0.717, 1.165) is 29.6 Å². The zero-order valence-electron chi connectivity index (χ0n) is 13.8. The van der Waals surface area contributed by atoms with E-state index in [4.69, 9.17) is 9.47 Å². The average molecular weight is 354 g/mol. The lowest BCUT2D eigenvalue weighted by Crippen LogP contribution is -2.44. The number of ether oxygens (including phenoxy) is 2. The van der Waals surface area contributed by atoms with Gasteiger partial charge in [0.15, 0.2) is 0 Å². The first-order valence-corrected chi connectivity index (χ1v) is 9.25. The smallest absolute Gasteiger partial charge is 0.280 e. The molecule has 132 valence electrons. The van der Waals surface area contributed by atoms with Gasteiger partial charge in [0.1, 0.15) is 11.6 Å². The first kappa shape index (κ1) is 17.2. The van der Waals surface area contributed by atoms with Gasteiger partial charge < -0.3 is 14.5 Å². The van der Waals surface area contributed by atoms with Gasteiger partial charge in [0, 0.05) is 25.8 Å². The fourth-order valence-electron chi connectivity index (χ4n) is 2.98. The number of hydrogen-bond donors (Lipinski definition) is 2. The van der Waals surface area contributed by atoms with Crippen molar-refractivity contribution in [3.63, 3.8) is 0 Å². The molecule has 2 aromatic rings. The minimum absolute atomic E-state index is 0.104. The minimum Gasteiger partial charge on any atom is -0.497 e. The third kappa shape index (κ3) is 3.54. The third-order valence-electron chi connectivity index (χ3n) is 4.15. The molecule has 1 aliphatic rings. The minimum atomic E-state index is -3.56. The molecule has 1 aliphatic heterocycles. The molecular formula is C15H22N4O4S. The second-order valence-corrected chi connectivity index (χ2v) is 7.46. The summed E-state index contributed by atoms with van der Waals surface area (Å²) in [5.74, 6) is 1.28. The molecule has 2 heterocycles. The maximum atomic E-state index is 12.5. The molecule has 8 nitrogen and oxygen atoms in total. The Morgan fingerprint density at radius 1 is 1.42 bits per heavy atom. The summed E-state index contributed by atoms with van der Waals surface area (Å²) >= 11 is 0. The summed E-state index contributed by atoms with van der Waals surface area (Å²) < 4.78 is 39.4. The lowest BCUT2D eigenvalue weighted by atomic mass is 10.2. The Kier molecular flexibility index (Phi) is 5.04. The molecule has 9 heteroatoms. The van der Waals surface area contributed by atoms with Gasteiger partial charge in [-0.15, -0.1) is 0 Å². The van der Waals surface area contributed by atoms with Crippen LogP contribution in [-0.2, 0) is 21.5 Å². The van der Waals surface area contributed by atoms with E-state index in [9.17, 15) is 8.42 Å². The van der Waals surface area contributed by atoms with E-state index in [1.165, 1.54) is 4.31 Å². The highest BCUT2D eigenvalue weighted by Gasteiger charge is 2.33. The topological polar surface area (TPSA) is 96.6 Å². The van der Waals surface area contributed by atoms with Crippen molar-refractivity contribution in [2.75, 3.05) is 27.4 Å². The molecule has 0 bridgehead atoms. The number of fused-ring (bicyclic) bond motifs is 1. The van der Waals surface area contributed by atoms with Crippen LogP contribution in [0, 0.1) is 0 Å². The zero-order valence-corrected chi connectivity index (χ0v) is 14.6. The monoisotopic (exact) mass is 354 g/mol. The Hall–Kier alpha value is -1.68. The van der Waals surface area contributed by atoms with Crippen molar-refractivity contribution in [3.05, 3.63) is 24.0 Å². The SMILES string of the molecule is COCC1CCCN1S(=O)(=O)NCc1nc2ccc(OC)cc2[nH]1. The number of hydrogen-bond acceptors (Lipinski definition) is 5. The highest BCUT2D eigenvalue weighted by molar-refractivity contribution is 7.87. The number of aromatic nitrogens is 2. The van der Waals surface area contributed by atoms with Crippen LogP contribution in [0.25, 0.3) is 11.0 Å². The molecule has 2 N–H and O–H groups in total. The van der Waals surface area contributed by atoms with Crippen LogP contribution in [0.4, 0.5) is 0 Å². The van der Waals surface area contributed by atoms with Gasteiger partial charge in [0.25, 0.3) is 10.2 Å². The van der Waals surface area contributed by atoms with Crippen LogP contribution < -0.4 is 9.46 Å². The summed E-state index contributed by atoms with van der Waals surface area (Å²) in [4.78, 5) is 7.50. The predicted octanol–water partition coefficient (Wildman–Crippen LogP) is 1.02. The van der Waals surface area contributed by atoms with Crippen LogP contribution in [0.3, 0.4) is 0 Å². The van der Waals surface area contributed by atoms with E-state index >= 15 is 0 Å². The second-order valence-electron chi connectivity index (χ2n) is 5.75. The summed E-state index contributed by atoms with van der Waals surface area (Å²) in [6.45, 7) is 1.03. The zero-order chi connectivity index (χ0) is 17.2. The summed E-state index contributed by atoms with van der Waals surface area (Å²) in [5.41, 5.74) is 1.57. The van der Waals surface area contributed by atoms with Crippen LogP contribution in [0.15, 0.2) is 18.2 Å². The quantitative estimate of drug-likeness (QED) is 0.774. The number of H-pyrrole nitrogens is 1. The lowest BCUT2D eigenvalue weighted by Gasteiger charge is -2.23. The molecule has 0 aliphatic carbocycles. The Bertz CT molecular complexity index is 805. The van der Waals surface area contributed by atoms with Gasteiger partial charge in [-0.05, 0) is 25.0 Å². The molecule has 3 rings (SSSR count). The molecule has 1 fully saturated rings. The Balaban J connectivity index is 1.70. The first-order chi connectivity index (χ1) is 11.5. The Morgan fingerprint density at radius 3 is 3.00 bits per heavy atom. The number of nitrogens with one attached hydrogen (secondary N) is 2. The molecule has 1 atom stereocenters. The predicted molar refractivity (Wildman–Crippen MR) is 90.0 cm³/mol. The number of methoxy groups -OCH3 is 2. The molecule has 0 spiro atoms. The van der Waals surface area contributed by atoms with Crippen molar-refractivity contribution < 1.29 is 17.9 Å². The normalized spacial score (nSPS) is 19.2. The van der Waals surface area contributed by atoms with Crippen molar-refractivity contribution in [2.24, 2.45) is 0 Å². The molecule has 1 aromatic heterocycles. The second kappa shape index (κ2) is 7.06. The van der Waals surface area contributed by atoms with Crippen molar-refractivity contribution in [1.29, 1.82) is 0 Å². The number of benzene rings is 1. The summed E-state index contributed by atoms with van der Waals surface area (Å²) in [5, 5.41) is 0. The van der Waals surface area contributed by atoms with Crippen LogP contribution in [0.5, 0.6) is 5.75 Å². The number of aromatic amines is 1. The van der Waals surface area contributed by atoms with Gasteiger partial charge in [-0.3, -0.25) is 0 Å². The standard InChI is InChI=1S/C15H22N4O4S/c1-22-10-11-4-3-7-19(11)24(20,21)16-9-15-17-13-6-5-12(23-2)8-14(13)18-15/h5-6,8,11,16H,3-4,7,9-10H2,1-2H3,(H,17,18).